The van der Waals surface area contributed by atoms with Crippen LogP contribution in [0.5, 0.6) is 5.75 Å². The number of aliphatic hydroxyl groups is 2. The maximum absolute atomic E-state index is 13.3. The van der Waals surface area contributed by atoms with E-state index in [1.807, 2.05) is 29.2 Å². The summed E-state index contributed by atoms with van der Waals surface area (Å²) in [5.74, 6) is 0.996. The molecule has 1 aromatic carbocycles. The normalized spacial score (nSPS) is 31.6. The minimum absolute atomic E-state index is 0.150. The Bertz CT molecular complexity index is 702. The number of rotatable bonds is 3. The lowest BCUT2D eigenvalue weighted by Gasteiger charge is -2.50. The summed E-state index contributed by atoms with van der Waals surface area (Å²) >= 11 is 0. The number of piperidine rings is 1. The van der Waals surface area contributed by atoms with E-state index in [9.17, 15) is 15.0 Å². The van der Waals surface area contributed by atoms with Gasteiger partial charge in [0.25, 0.3) is 0 Å². The van der Waals surface area contributed by atoms with Gasteiger partial charge in [0.2, 0.25) is 5.91 Å². The van der Waals surface area contributed by atoms with Crippen LogP contribution < -0.4 is 4.74 Å². The fourth-order valence-electron chi connectivity index (χ4n) is 4.66. The lowest BCUT2D eigenvalue weighted by atomic mass is 9.76. The minimum Gasteiger partial charge on any atom is -0.497 e. The first-order chi connectivity index (χ1) is 12.8. The van der Waals surface area contributed by atoms with Crippen molar-refractivity contribution in [3.05, 3.63) is 29.8 Å². The van der Waals surface area contributed by atoms with Crippen LogP contribution in [0, 0.1) is 0 Å². The molecule has 2 N–H and O–H groups in total. The molecule has 0 bridgehead atoms. The van der Waals surface area contributed by atoms with Crippen LogP contribution in [0.4, 0.5) is 0 Å². The first-order valence-electron chi connectivity index (χ1n) is 9.79. The van der Waals surface area contributed by atoms with Crippen molar-refractivity contribution in [2.45, 2.75) is 61.7 Å². The number of aliphatic hydroxyl groups excluding tert-OH is 1. The Hall–Kier alpha value is -1.63. The summed E-state index contributed by atoms with van der Waals surface area (Å²) in [7, 11) is 1.64. The van der Waals surface area contributed by atoms with Gasteiger partial charge in [-0.25, -0.2) is 0 Å². The monoisotopic (exact) mass is 375 g/mol. The summed E-state index contributed by atoms with van der Waals surface area (Å²) in [4.78, 5) is 15.2. The number of carbonyl (C=O) groups is 1. The van der Waals surface area contributed by atoms with E-state index in [2.05, 4.69) is 0 Å². The second-order valence-corrected chi connectivity index (χ2v) is 8.65. The van der Waals surface area contributed by atoms with Crippen molar-refractivity contribution in [3.63, 3.8) is 0 Å². The number of hydrogen-bond donors (Lipinski definition) is 2. The van der Waals surface area contributed by atoms with Gasteiger partial charge in [-0.1, -0.05) is 12.1 Å². The molecule has 2 aliphatic heterocycles. The third-order valence-corrected chi connectivity index (χ3v) is 6.71. The van der Waals surface area contributed by atoms with E-state index < -0.39 is 17.3 Å². The van der Waals surface area contributed by atoms with Crippen LogP contribution in [-0.4, -0.2) is 65.1 Å². The molecule has 3 fully saturated rings. The zero-order valence-electron chi connectivity index (χ0n) is 16.1. The fraction of sp³-hybridized carbons (Fsp3) is 0.667. The molecular formula is C21H29NO5. The Morgan fingerprint density at radius 1 is 1.19 bits per heavy atom. The number of carbonyl (C=O) groups excluding carboxylic acids is 1. The van der Waals surface area contributed by atoms with Crippen LogP contribution in [0.2, 0.25) is 0 Å². The second kappa shape index (κ2) is 6.47. The van der Waals surface area contributed by atoms with Crippen molar-refractivity contribution < 1.29 is 24.5 Å². The molecule has 4 rings (SSSR count). The average molecular weight is 375 g/mol. The third kappa shape index (κ3) is 3.24. The van der Waals surface area contributed by atoms with Crippen molar-refractivity contribution in [1.82, 2.24) is 4.90 Å². The zero-order valence-corrected chi connectivity index (χ0v) is 16.1. The first-order valence-corrected chi connectivity index (χ1v) is 9.79. The number of methoxy groups -OCH3 is 1. The van der Waals surface area contributed by atoms with Crippen LogP contribution in [0.15, 0.2) is 24.3 Å². The largest absolute Gasteiger partial charge is 0.497 e. The van der Waals surface area contributed by atoms with E-state index in [1.165, 1.54) is 0 Å². The van der Waals surface area contributed by atoms with Gasteiger partial charge >= 0.3 is 0 Å². The number of likely N-dealkylation sites (tertiary alicyclic amines) is 1. The first kappa shape index (κ1) is 18.7. The summed E-state index contributed by atoms with van der Waals surface area (Å²) < 4.78 is 11.2. The van der Waals surface area contributed by atoms with E-state index >= 15 is 0 Å². The molecule has 0 unspecified atom stereocenters. The van der Waals surface area contributed by atoms with E-state index in [-0.39, 0.29) is 17.9 Å². The molecular weight excluding hydrogens is 346 g/mol. The van der Waals surface area contributed by atoms with Crippen LogP contribution >= 0.6 is 0 Å². The molecule has 2 heterocycles. The van der Waals surface area contributed by atoms with E-state index in [0.717, 1.165) is 24.2 Å². The molecule has 1 aliphatic carbocycles. The van der Waals surface area contributed by atoms with Gasteiger partial charge in [-0.2, -0.15) is 0 Å². The SMILES string of the molecule is COc1ccc(C2(C(=O)N3CCC4(CC3)C[C@](C)(O)[C@@H](O)CO4)CC2)cc1. The van der Waals surface area contributed by atoms with Crippen molar-refractivity contribution in [1.29, 1.82) is 0 Å². The van der Waals surface area contributed by atoms with Crippen molar-refractivity contribution in [2.75, 3.05) is 26.8 Å². The lowest BCUT2D eigenvalue weighted by Crippen LogP contribution is -2.60. The predicted molar refractivity (Wildman–Crippen MR) is 99.7 cm³/mol. The Kier molecular flexibility index (Phi) is 4.48. The Morgan fingerprint density at radius 2 is 1.81 bits per heavy atom. The van der Waals surface area contributed by atoms with E-state index in [1.54, 1.807) is 14.0 Å². The highest BCUT2D eigenvalue weighted by atomic mass is 16.5. The van der Waals surface area contributed by atoms with Crippen molar-refractivity contribution in [2.24, 2.45) is 0 Å². The van der Waals surface area contributed by atoms with Gasteiger partial charge in [-0.3, -0.25) is 4.79 Å². The topological polar surface area (TPSA) is 79.2 Å². The molecule has 148 valence electrons. The molecule has 0 radical (unpaired) electrons. The molecule has 2 saturated heterocycles. The summed E-state index contributed by atoms with van der Waals surface area (Å²) in [5.41, 5.74) is -0.887. The number of nitrogens with zero attached hydrogens (tertiary/aromatic N) is 1. The number of benzene rings is 1. The highest BCUT2D eigenvalue weighted by Gasteiger charge is 2.55. The van der Waals surface area contributed by atoms with Crippen molar-refractivity contribution >= 4 is 5.91 Å². The number of hydrogen-bond acceptors (Lipinski definition) is 5. The molecule has 1 aromatic rings. The third-order valence-electron chi connectivity index (χ3n) is 6.71. The minimum atomic E-state index is -1.13. The molecule has 6 nitrogen and oxygen atoms in total. The van der Waals surface area contributed by atoms with Gasteiger partial charge in [0.05, 0.1) is 30.3 Å². The summed E-state index contributed by atoms with van der Waals surface area (Å²) in [6.45, 7) is 3.07. The maximum atomic E-state index is 13.3. The van der Waals surface area contributed by atoms with E-state index in [0.29, 0.717) is 32.4 Å². The maximum Gasteiger partial charge on any atom is 0.233 e. The van der Waals surface area contributed by atoms with Crippen LogP contribution in [0.25, 0.3) is 0 Å². The second-order valence-electron chi connectivity index (χ2n) is 8.65. The molecule has 1 amide bonds. The smallest absolute Gasteiger partial charge is 0.233 e. The number of ether oxygens (including phenoxy) is 2. The summed E-state index contributed by atoms with van der Waals surface area (Å²) in [6.07, 6.45) is 2.72. The van der Waals surface area contributed by atoms with Crippen LogP contribution in [0.3, 0.4) is 0 Å². The standard InChI is InChI=1S/C21H29NO5/c1-19(25)14-20(27-13-17(19)23)9-11-22(12-10-20)18(24)21(7-8-21)15-3-5-16(26-2)6-4-15/h3-6,17,23,25H,7-14H2,1-2H3/t17-,19-/m0/s1. The molecule has 0 aromatic heterocycles. The average Bonchev–Trinajstić information content (AvgIpc) is 3.47. The van der Waals surface area contributed by atoms with Crippen molar-refractivity contribution in [3.8, 4) is 5.75 Å². The number of amides is 1. The predicted octanol–water partition coefficient (Wildman–Crippen LogP) is 1.62. The fourth-order valence-corrected chi connectivity index (χ4v) is 4.66. The molecule has 2 atom stereocenters. The summed E-state index contributed by atoms with van der Waals surface area (Å²) in [5, 5.41) is 20.4. The van der Waals surface area contributed by atoms with Gasteiger partial charge in [-0.15, -0.1) is 0 Å². The van der Waals surface area contributed by atoms with Gasteiger partial charge in [0.15, 0.2) is 0 Å². The van der Waals surface area contributed by atoms with Gasteiger partial charge in [-0.05, 0) is 50.3 Å². The highest BCUT2D eigenvalue weighted by Crippen LogP contribution is 2.51. The molecule has 6 heteroatoms. The Labute approximate surface area is 160 Å². The zero-order chi connectivity index (χ0) is 19.3. The lowest BCUT2D eigenvalue weighted by molar-refractivity contribution is -0.223. The molecule has 1 spiro atoms. The van der Waals surface area contributed by atoms with Crippen LogP contribution in [-0.2, 0) is 14.9 Å². The Morgan fingerprint density at radius 3 is 2.33 bits per heavy atom. The van der Waals surface area contributed by atoms with Gasteiger partial charge < -0.3 is 24.6 Å². The quantitative estimate of drug-likeness (QED) is 0.839. The van der Waals surface area contributed by atoms with E-state index in [4.69, 9.17) is 9.47 Å². The summed E-state index contributed by atoms with van der Waals surface area (Å²) in [6, 6.07) is 7.82. The molecule has 27 heavy (non-hydrogen) atoms. The van der Waals surface area contributed by atoms with Crippen LogP contribution in [0.1, 0.15) is 44.6 Å². The Balaban J connectivity index is 1.43. The highest BCUT2D eigenvalue weighted by molar-refractivity contribution is 5.91. The van der Waals surface area contributed by atoms with Gasteiger partial charge in [0, 0.05) is 19.5 Å². The van der Waals surface area contributed by atoms with Gasteiger partial charge in [0.1, 0.15) is 11.9 Å². The molecule has 3 aliphatic rings. The molecule has 1 saturated carbocycles.